The zero-order valence-corrected chi connectivity index (χ0v) is 11.2. The molecule has 0 aliphatic carbocycles. The minimum atomic E-state index is -0.190. The Morgan fingerprint density at radius 1 is 1.45 bits per heavy atom. The van der Waals surface area contributed by atoms with Crippen molar-refractivity contribution in [1.29, 1.82) is 0 Å². The van der Waals surface area contributed by atoms with E-state index in [4.69, 9.17) is 10.3 Å². The molecular weight excluding hydrogens is 256 g/mol. The van der Waals surface area contributed by atoms with Gasteiger partial charge in [-0.25, -0.2) is 0 Å². The molecule has 1 amide bonds. The van der Waals surface area contributed by atoms with E-state index in [1.165, 1.54) is 0 Å². The Kier molecular flexibility index (Phi) is 5.41. The predicted octanol–water partition coefficient (Wildman–Crippen LogP) is 2.58. The second kappa shape index (κ2) is 7.53. The molecule has 6 nitrogen and oxygen atoms in total. The molecule has 1 heterocycles. The van der Waals surface area contributed by atoms with Crippen LogP contribution in [-0.4, -0.2) is 25.6 Å². The molecule has 2 unspecified atom stereocenters. The van der Waals surface area contributed by atoms with Gasteiger partial charge >= 0.3 is 0 Å². The number of ether oxygens (including phenoxy) is 1. The summed E-state index contributed by atoms with van der Waals surface area (Å²) in [6.07, 6.45) is 1.51. The van der Waals surface area contributed by atoms with E-state index in [0.29, 0.717) is 13.2 Å². The number of benzene rings is 1. The molecular formula is C14H18N4O2. The van der Waals surface area contributed by atoms with Crippen LogP contribution in [0.2, 0.25) is 0 Å². The largest absolute Gasteiger partial charge is 0.373 e. The topological polar surface area (TPSA) is 87.1 Å². The average molecular weight is 274 g/mol. The molecule has 0 saturated carbocycles. The number of nitrogens with zero attached hydrogens (tertiary/aromatic N) is 3. The Bertz CT molecular complexity index is 485. The fourth-order valence-corrected chi connectivity index (χ4v) is 2.43. The Balaban J connectivity index is 1.99. The lowest BCUT2D eigenvalue weighted by atomic mass is 9.89. The first kappa shape index (κ1) is 14.4. The van der Waals surface area contributed by atoms with E-state index >= 15 is 0 Å². The van der Waals surface area contributed by atoms with Crippen molar-refractivity contribution in [2.24, 2.45) is 11.0 Å². The average Bonchev–Trinajstić information content (AvgIpc) is 2.52. The van der Waals surface area contributed by atoms with Gasteiger partial charge in [0.15, 0.2) is 0 Å². The molecule has 2 atom stereocenters. The summed E-state index contributed by atoms with van der Waals surface area (Å²) < 4.78 is 5.78. The van der Waals surface area contributed by atoms with Crippen molar-refractivity contribution in [2.75, 3.05) is 19.7 Å². The van der Waals surface area contributed by atoms with Gasteiger partial charge in [-0.2, -0.15) is 0 Å². The number of carbonyl (C=O) groups is 1. The Morgan fingerprint density at radius 3 is 3.00 bits per heavy atom. The molecule has 0 bridgehead atoms. The van der Waals surface area contributed by atoms with E-state index in [2.05, 4.69) is 15.3 Å². The van der Waals surface area contributed by atoms with Crippen molar-refractivity contribution in [3.8, 4) is 0 Å². The van der Waals surface area contributed by atoms with Crippen LogP contribution in [0.15, 0.2) is 35.4 Å². The summed E-state index contributed by atoms with van der Waals surface area (Å²) in [4.78, 5) is 14.9. The fraction of sp³-hybridized carbons (Fsp3) is 0.500. The lowest BCUT2D eigenvalue weighted by Gasteiger charge is -2.31. The van der Waals surface area contributed by atoms with Crippen LogP contribution in [0.1, 0.15) is 24.5 Å². The zero-order chi connectivity index (χ0) is 14.2. The van der Waals surface area contributed by atoms with E-state index < -0.39 is 0 Å². The number of nitrogens with one attached hydrogen (secondary N) is 1. The first-order valence-corrected chi connectivity index (χ1v) is 6.78. The van der Waals surface area contributed by atoms with Gasteiger partial charge in [0.2, 0.25) is 5.91 Å². The monoisotopic (exact) mass is 274 g/mol. The molecule has 1 N–H and O–H groups in total. The second-order valence-corrected chi connectivity index (χ2v) is 4.70. The van der Waals surface area contributed by atoms with Crippen molar-refractivity contribution in [2.45, 2.75) is 18.9 Å². The molecule has 1 aliphatic heterocycles. The molecule has 2 rings (SSSR count). The third kappa shape index (κ3) is 3.73. The third-order valence-corrected chi connectivity index (χ3v) is 3.36. The maximum atomic E-state index is 12.2. The molecule has 1 aromatic carbocycles. The van der Waals surface area contributed by atoms with Gasteiger partial charge in [-0.1, -0.05) is 35.4 Å². The fourth-order valence-electron chi connectivity index (χ4n) is 2.43. The molecule has 106 valence electrons. The highest BCUT2D eigenvalue weighted by molar-refractivity contribution is 5.79. The van der Waals surface area contributed by atoms with Crippen LogP contribution in [0, 0.1) is 5.92 Å². The van der Waals surface area contributed by atoms with Gasteiger partial charge in [-0.05, 0) is 23.9 Å². The minimum absolute atomic E-state index is 0.0355. The Labute approximate surface area is 117 Å². The summed E-state index contributed by atoms with van der Waals surface area (Å²) >= 11 is 0. The summed E-state index contributed by atoms with van der Waals surface area (Å²) in [6, 6.07) is 9.81. The Hall–Kier alpha value is -2.04. The van der Waals surface area contributed by atoms with Crippen molar-refractivity contribution < 1.29 is 9.53 Å². The van der Waals surface area contributed by atoms with E-state index in [1.54, 1.807) is 0 Å². The standard InChI is InChI=1S/C14H18N4O2/c15-18-17-9-8-16-14(19)12-7-4-10-20-13(12)11-5-2-1-3-6-11/h1-3,5-6,12-13H,4,7-10H2,(H,16,19). The van der Waals surface area contributed by atoms with Crippen molar-refractivity contribution in [3.05, 3.63) is 46.3 Å². The number of hydrogen-bond acceptors (Lipinski definition) is 3. The molecule has 0 radical (unpaired) electrons. The zero-order valence-electron chi connectivity index (χ0n) is 11.2. The van der Waals surface area contributed by atoms with Crippen molar-refractivity contribution >= 4 is 5.91 Å². The third-order valence-electron chi connectivity index (χ3n) is 3.36. The van der Waals surface area contributed by atoms with Crippen LogP contribution < -0.4 is 5.32 Å². The van der Waals surface area contributed by atoms with Crippen LogP contribution in [0.25, 0.3) is 10.4 Å². The number of amides is 1. The molecule has 1 aliphatic rings. The number of carbonyl (C=O) groups excluding carboxylic acids is 1. The van der Waals surface area contributed by atoms with Crippen molar-refractivity contribution in [3.63, 3.8) is 0 Å². The molecule has 0 spiro atoms. The van der Waals surface area contributed by atoms with E-state index in [-0.39, 0.29) is 24.5 Å². The summed E-state index contributed by atoms with van der Waals surface area (Å²) in [5.41, 5.74) is 9.23. The van der Waals surface area contributed by atoms with Crippen LogP contribution in [0.4, 0.5) is 0 Å². The first-order valence-electron chi connectivity index (χ1n) is 6.78. The summed E-state index contributed by atoms with van der Waals surface area (Å²) in [5, 5.41) is 6.20. The predicted molar refractivity (Wildman–Crippen MR) is 74.9 cm³/mol. The van der Waals surface area contributed by atoms with Gasteiger partial charge in [0.05, 0.1) is 12.0 Å². The molecule has 20 heavy (non-hydrogen) atoms. The normalized spacial score (nSPS) is 21.8. The summed E-state index contributed by atoms with van der Waals surface area (Å²) in [6.45, 7) is 1.31. The van der Waals surface area contributed by atoms with Gasteiger partial charge in [-0.3, -0.25) is 4.79 Å². The number of azide groups is 1. The molecule has 1 fully saturated rings. The molecule has 1 aromatic rings. The highest BCUT2D eigenvalue weighted by Gasteiger charge is 2.32. The van der Waals surface area contributed by atoms with Crippen LogP contribution in [0.5, 0.6) is 0 Å². The smallest absolute Gasteiger partial charge is 0.226 e. The van der Waals surface area contributed by atoms with E-state index in [1.807, 2.05) is 30.3 Å². The Morgan fingerprint density at radius 2 is 2.25 bits per heavy atom. The summed E-state index contributed by atoms with van der Waals surface area (Å²) in [7, 11) is 0. The maximum Gasteiger partial charge on any atom is 0.226 e. The lowest BCUT2D eigenvalue weighted by Crippen LogP contribution is -2.38. The molecule has 1 saturated heterocycles. The first-order chi connectivity index (χ1) is 9.83. The van der Waals surface area contributed by atoms with Crippen LogP contribution in [-0.2, 0) is 9.53 Å². The lowest BCUT2D eigenvalue weighted by molar-refractivity contribution is -0.134. The minimum Gasteiger partial charge on any atom is -0.373 e. The van der Waals surface area contributed by atoms with E-state index in [0.717, 1.165) is 18.4 Å². The van der Waals surface area contributed by atoms with Crippen LogP contribution in [0.3, 0.4) is 0 Å². The van der Waals surface area contributed by atoms with E-state index in [9.17, 15) is 4.79 Å². The van der Waals surface area contributed by atoms with Gasteiger partial charge in [0.1, 0.15) is 0 Å². The van der Waals surface area contributed by atoms with Crippen LogP contribution >= 0.6 is 0 Å². The van der Waals surface area contributed by atoms with Gasteiger partial charge < -0.3 is 10.1 Å². The highest BCUT2D eigenvalue weighted by atomic mass is 16.5. The number of rotatable bonds is 5. The van der Waals surface area contributed by atoms with Crippen molar-refractivity contribution in [1.82, 2.24) is 5.32 Å². The molecule has 0 aromatic heterocycles. The second-order valence-electron chi connectivity index (χ2n) is 4.70. The quantitative estimate of drug-likeness (QED) is 0.387. The van der Waals surface area contributed by atoms with Gasteiger partial charge in [-0.15, -0.1) is 0 Å². The SMILES string of the molecule is [N-]=[N+]=NCCNC(=O)C1CCCOC1c1ccccc1. The maximum absolute atomic E-state index is 12.2. The highest BCUT2D eigenvalue weighted by Crippen LogP contribution is 2.33. The molecule has 6 heteroatoms. The number of hydrogen-bond donors (Lipinski definition) is 1. The van der Waals surface area contributed by atoms with Gasteiger partial charge in [0, 0.05) is 24.6 Å². The van der Waals surface area contributed by atoms with Gasteiger partial charge in [0.25, 0.3) is 0 Å². The summed E-state index contributed by atoms with van der Waals surface area (Å²) in [5.74, 6) is -0.219.